The highest BCUT2D eigenvalue weighted by atomic mass is 15.2. The van der Waals surface area contributed by atoms with E-state index < -0.39 is 0 Å². The highest BCUT2D eigenvalue weighted by Gasteiger charge is 2.18. The molecule has 6 aromatic rings. The maximum Gasteiger partial charge on any atom is 0.220 e. The van der Waals surface area contributed by atoms with Gasteiger partial charge in [0.2, 0.25) is 5.78 Å². The van der Waals surface area contributed by atoms with Crippen molar-refractivity contribution in [1.82, 2.24) is 14.0 Å². The number of benzene rings is 4. The summed E-state index contributed by atoms with van der Waals surface area (Å²) >= 11 is 0. The van der Waals surface area contributed by atoms with E-state index in [0.29, 0.717) is 0 Å². The monoisotopic (exact) mass is 451 g/mol. The zero-order chi connectivity index (χ0) is 23.9. The summed E-state index contributed by atoms with van der Waals surface area (Å²) in [6, 6.07) is 32.0. The summed E-state index contributed by atoms with van der Waals surface area (Å²) in [6.45, 7) is 10.1. The van der Waals surface area contributed by atoms with Crippen LogP contribution in [0.1, 0.15) is 11.1 Å². The largest absolute Gasteiger partial charge is 0.278 e. The van der Waals surface area contributed by atoms with Gasteiger partial charge in [0.05, 0.1) is 27.8 Å². The van der Waals surface area contributed by atoms with Crippen molar-refractivity contribution in [3.63, 3.8) is 0 Å². The fourth-order valence-electron chi connectivity index (χ4n) is 4.88. The zero-order valence-electron chi connectivity index (χ0n) is 19.6. The van der Waals surface area contributed by atoms with Gasteiger partial charge >= 0.3 is 0 Å². The van der Waals surface area contributed by atoms with Crippen molar-refractivity contribution in [2.45, 2.75) is 6.92 Å². The molecule has 0 fully saturated rings. The average Bonchev–Trinajstić information content (AvgIpc) is 3.41. The van der Waals surface area contributed by atoms with E-state index in [1.807, 2.05) is 24.3 Å². The van der Waals surface area contributed by atoms with Crippen molar-refractivity contribution in [1.29, 1.82) is 0 Å². The van der Waals surface area contributed by atoms with Crippen molar-refractivity contribution >= 4 is 33.4 Å². The van der Waals surface area contributed by atoms with Gasteiger partial charge in [0.25, 0.3) is 0 Å². The van der Waals surface area contributed by atoms with Crippen LogP contribution in [-0.2, 0) is 0 Å². The second kappa shape index (κ2) is 8.30. The molecule has 2 aromatic heterocycles. The number of aromatic nitrogens is 3. The van der Waals surface area contributed by atoms with Gasteiger partial charge in [-0.2, -0.15) is 0 Å². The molecule has 0 saturated heterocycles. The van der Waals surface area contributed by atoms with Crippen LogP contribution in [0, 0.1) is 6.92 Å². The molecule has 0 radical (unpaired) electrons. The maximum absolute atomic E-state index is 5.07. The molecule has 35 heavy (non-hydrogen) atoms. The fourth-order valence-corrected chi connectivity index (χ4v) is 4.88. The second-order valence-electron chi connectivity index (χ2n) is 8.76. The Bertz CT molecular complexity index is 1780. The number of allylic oxidation sites excluding steroid dienone is 4. The molecule has 0 aliphatic rings. The third kappa shape index (κ3) is 3.41. The number of hydrogen-bond donors (Lipinski definition) is 0. The number of fused-ring (bicyclic) bond motifs is 5. The van der Waals surface area contributed by atoms with Crippen molar-refractivity contribution in [2.75, 3.05) is 0 Å². The van der Waals surface area contributed by atoms with E-state index in [-0.39, 0.29) is 0 Å². The quantitative estimate of drug-likeness (QED) is 0.242. The fraction of sp³-hybridized carbons (Fsp3) is 0.0312. The van der Waals surface area contributed by atoms with Gasteiger partial charge in [-0.05, 0) is 77.2 Å². The van der Waals surface area contributed by atoms with E-state index in [0.717, 1.165) is 55.8 Å². The summed E-state index contributed by atoms with van der Waals surface area (Å²) < 4.78 is 4.53. The zero-order valence-corrected chi connectivity index (χ0v) is 19.6. The molecular weight excluding hydrogens is 426 g/mol. The summed E-state index contributed by atoms with van der Waals surface area (Å²) in [5.41, 5.74) is 11.0. The molecular formula is C32H25N3. The lowest BCUT2D eigenvalue weighted by molar-refractivity contribution is 1.11. The van der Waals surface area contributed by atoms with Crippen LogP contribution in [0.2, 0.25) is 0 Å². The van der Waals surface area contributed by atoms with Gasteiger partial charge in [0.1, 0.15) is 0 Å². The third-order valence-corrected chi connectivity index (χ3v) is 6.49. The van der Waals surface area contributed by atoms with Crippen LogP contribution in [0.3, 0.4) is 0 Å². The molecule has 6 rings (SSSR count). The Balaban J connectivity index is 1.74. The average molecular weight is 452 g/mol. The van der Waals surface area contributed by atoms with E-state index in [2.05, 4.69) is 108 Å². The number of aryl methyl sites for hydroxylation is 1. The van der Waals surface area contributed by atoms with E-state index in [9.17, 15) is 0 Å². The predicted molar refractivity (Wildman–Crippen MR) is 148 cm³/mol. The number of imidazole rings is 2. The summed E-state index contributed by atoms with van der Waals surface area (Å²) in [5, 5.41) is 0. The molecule has 0 amide bonds. The molecule has 0 aliphatic carbocycles. The molecule has 0 N–H and O–H groups in total. The Kier molecular flexibility index (Phi) is 4.97. The minimum atomic E-state index is 0.899. The lowest BCUT2D eigenvalue weighted by Gasteiger charge is -2.13. The van der Waals surface area contributed by atoms with Gasteiger partial charge in [-0.3, -0.25) is 8.97 Å². The molecule has 0 aliphatic heterocycles. The van der Waals surface area contributed by atoms with E-state index in [4.69, 9.17) is 4.98 Å². The van der Waals surface area contributed by atoms with Gasteiger partial charge < -0.3 is 0 Å². The van der Waals surface area contributed by atoms with Crippen LogP contribution in [0.4, 0.5) is 0 Å². The lowest BCUT2D eigenvalue weighted by atomic mass is 9.97. The van der Waals surface area contributed by atoms with Gasteiger partial charge in [-0.1, -0.05) is 79.9 Å². The standard InChI is InChI=1S/C32H25N3/c1-4-11-23(5-2)25-19-26(24-12-7-6-8-13-24)21-27(20-25)34-30-17-16-22(3)18-31(30)35-29-15-10-9-14-28(29)33-32(34)35/h4-21H,1-2H2,3H3. The van der Waals surface area contributed by atoms with E-state index in [1.54, 1.807) is 6.08 Å². The second-order valence-corrected chi connectivity index (χ2v) is 8.76. The molecule has 0 saturated carbocycles. The Morgan fingerprint density at radius 2 is 1.57 bits per heavy atom. The molecule has 2 heterocycles. The number of para-hydroxylation sites is 2. The van der Waals surface area contributed by atoms with Gasteiger partial charge in [0.15, 0.2) is 0 Å². The summed E-state index contributed by atoms with van der Waals surface area (Å²) in [7, 11) is 0. The smallest absolute Gasteiger partial charge is 0.220 e. The Morgan fingerprint density at radius 3 is 2.37 bits per heavy atom. The van der Waals surface area contributed by atoms with Crippen LogP contribution in [0.25, 0.3) is 50.2 Å². The number of rotatable bonds is 5. The van der Waals surface area contributed by atoms with Crippen molar-refractivity contribution in [2.24, 2.45) is 0 Å². The molecule has 168 valence electrons. The Hall–Kier alpha value is -4.63. The summed E-state index contributed by atoms with van der Waals surface area (Å²) in [6.07, 6.45) is 5.68. The van der Waals surface area contributed by atoms with Crippen LogP contribution in [0.5, 0.6) is 0 Å². The first-order chi connectivity index (χ1) is 17.2. The van der Waals surface area contributed by atoms with Crippen LogP contribution >= 0.6 is 0 Å². The summed E-state index contributed by atoms with van der Waals surface area (Å²) in [5.74, 6) is 0.899. The Labute approximate surface area is 204 Å². The molecule has 0 spiro atoms. The van der Waals surface area contributed by atoms with Crippen LogP contribution < -0.4 is 0 Å². The van der Waals surface area contributed by atoms with Gasteiger partial charge in [-0.25, -0.2) is 4.98 Å². The molecule has 0 atom stereocenters. The first-order valence-electron chi connectivity index (χ1n) is 11.7. The lowest BCUT2D eigenvalue weighted by Crippen LogP contribution is -1.98. The van der Waals surface area contributed by atoms with E-state index >= 15 is 0 Å². The van der Waals surface area contributed by atoms with Crippen molar-refractivity contribution in [3.8, 4) is 16.8 Å². The van der Waals surface area contributed by atoms with Crippen molar-refractivity contribution < 1.29 is 0 Å². The molecule has 3 heteroatoms. The maximum atomic E-state index is 5.07. The minimum absolute atomic E-state index is 0.899. The van der Waals surface area contributed by atoms with Crippen LogP contribution in [0.15, 0.2) is 122 Å². The Morgan fingerprint density at radius 1 is 0.771 bits per heavy atom. The molecule has 0 bridgehead atoms. The molecule has 3 nitrogen and oxygen atoms in total. The summed E-state index contributed by atoms with van der Waals surface area (Å²) in [4.78, 5) is 5.07. The third-order valence-electron chi connectivity index (χ3n) is 6.49. The molecule has 0 unspecified atom stereocenters. The highest BCUT2D eigenvalue weighted by Crippen LogP contribution is 2.33. The molecule has 4 aromatic carbocycles. The van der Waals surface area contributed by atoms with E-state index in [1.165, 1.54) is 5.56 Å². The van der Waals surface area contributed by atoms with Crippen LogP contribution in [-0.4, -0.2) is 14.0 Å². The normalized spacial score (nSPS) is 12.0. The van der Waals surface area contributed by atoms with Gasteiger partial charge in [-0.15, -0.1) is 0 Å². The SMILES string of the molecule is C=CC=C(C=C)c1cc(-c2ccccc2)cc(-n2c3ccc(C)cc3n3c4ccccc4nc23)c1. The van der Waals surface area contributed by atoms with Crippen molar-refractivity contribution in [3.05, 3.63) is 134 Å². The topological polar surface area (TPSA) is 22.2 Å². The first kappa shape index (κ1) is 20.9. The van der Waals surface area contributed by atoms with Gasteiger partial charge in [0, 0.05) is 0 Å². The highest BCUT2D eigenvalue weighted by molar-refractivity contribution is 5.93. The minimum Gasteiger partial charge on any atom is -0.278 e. The first-order valence-corrected chi connectivity index (χ1v) is 11.7. The number of nitrogens with zero attached hydrogens (tertiary/aromatic N) is 3. The number of hydrogen-bond acceptors (Lipinski definition) is 1. The predicted octanol–water partition coefficient (Wildman–Crippen LogP) is 8.16.